The van der Waals surface area contributed by atoms with Gasteiger partial charge < -0.3 is 9.64 Å². The molecular weight excluding hydrogens is 455 g/mol. The molecular formula is C19H20ClFN2O5S2. The van der Waals surface area contributed by atoms with Gasteiger partial charge in [0.15, 0.2) is 6.61 Å². The van der Waals surface area contributed by atoms with Gasteiger partial charge in [-0.1, -0.05) is 17.7 Å². The van der Waals surface area contributed by atoms with E-state index in [1.54, 1.807) is 0 Å². The summed E-state index contributed by atoms with van der Waals surface area (Å²) in [6.45, 7) is 0.112. The van der Waals surface area contributed by atoms with E-state index >= 15 is 0 Å². The minimum absolute atomic E-state index is 0.0745. The molecule has 162 valence electrons. The number of thiophene rings is 1. The van der Waals surface area contributed by atoms with Crippen LogP contribution in [0.25, 0.3) is 0 Å². The highest BCUT2D eigenvalue weighted by Crippen LogP contribution is 2.28. The summed E-state index contributed by atoms with van der Waals surface area (Å²) in [6.07, 6.45) is 1.55. The number of benzene rings is 1. The summed E-state index contributed by atoms with van der Waals surface area (Å²) in [5.74, 6) is -2.02. The summed E-state index contributed by atoms with van der Waals surface area (Å²) in [5, 5.41) is 1.68. The van der Waals surface area contributed by atoms with Crippen molar-refractivity contribution in [2.24, 2.45) is 0 Å². The number of ether oxygens (including phenoxy) is 1. The number of carbonyl (C=O) groups is 2. The van der Waals surface area contributed by atoms with Crippen LogP contribution in [0.4, 0.5) is 4.39 Å². The average molecular weight is 475 g/mol. The smallest absolute Gasteiger partial charge is 0.350 e. The van der Waals surface area contributed by atoms with Gasteiger partial charge >= 0.3 is 5.97 Å². The van der Waals surface area contributed by atoms with Crippen LogP contribution in [0.3, 0.4) is 0 Å². The molecule has 0 bridgehead atoms. The van der Waals surface area contributed by atoms with Gasteiger partial charge in [0.1, 0.15) is 15.6 Å². The first-order chi connectivity index (χ1) is 14.2. The van der Waals surface area contributed by atoms with Crippen molar-refractivity contribution in [2.45, 2.75) is 24.3 Å². The fraction of sp³-hybridized carbons (Fsp3) is 0.368. The molecule has 1 fully saturated rings. The molecule has 0 N–H and O–H groups in total. The zero-order valence-electron chi connectivity index (χ0n) is 16.1. The first-order valence-corrected chi connectivity index (χ1v) is 11.8. The van der Waals surface area contributed by atoms with Crippen LogP contribution >= 0.6 is 22.9 Å². The van der Waals surface area contributed by atoms with E-state index in [9.17, 15) is 22.4 Å². The largest absolute Gasteiger partial charge is 0.451 e. The number of sulfonamides is 1. The molecule has 1 aromatic heterocycles. The zero-order chi connectivity index (χ0) is 21.9. The number of nitrogens with zero attached hydrogens (tertiary/aromatic N) is 2. The summed E-state index contributed by atoms with van der Waals surface area (Å²) in [6, 6.07) is 5.57. The van der Waals surface area contributed by atoms with Gasteiger partial charge in [-0.05, 0) is 36.4 Å². The molecule has 0 unspecified atom stereocenters. The monoisotopic (exact) mass is 474 g/mol. The predicted octanol–water partition coefficient (Wildman–Crippen LogP) is 3.14. The molecule has 0 atom stereocenters. The van der Waals surface area contributed by atoms with Crippen LogP contribution in [0.1, 0.15) is 28.1 Å². The average Bonchev–Trinajstić information content (AvgIpc) is 3.41. The third-order valence-electron chi connectivity index (χ3n) is 4.71. The second kappa shape index (κ2) is 9.42. The van der Waals surface area contributed by atoms with Crippen LogP contribution in [0.15, 0.2) is 34.5 Å². The summed E-state index contributed by atoms with van der Waals surface area (Å²) < 4.78 is 45.7. The van der Waals surface area contributed by atoms with Crippen LogP contribution < -0.4 is 0 Å². The van der Waals surface area contributed by atoms with Gasteiger partial charge in [0.2, 0.25) is 10.0 Å². The highest BCUT2D eigenvalue weighted by molar-refractivity contribution is 7.89. The Hall–Kier alpha value is -2.01. The molecule has 0 saturated carbocycles. The minimum atomic E-state index is -3.78. The number of likely N-dealkylation sites (N-methyl/N-ethyl adjacent to an activating group) is 1. The second-order valence-electron chi connectivity index (χ2n) is 6.75. The first kappa shape index (κ1) is 22.7. The molecule has 2 heterocycles. The van der Waals surface area contributed by atoms with Crippen molar-refractivity contribution < 1.29 is 27.1 Å². The Morgan fingerprint density at radius 2 is 1.97 bits per heavy atom. The molecule has 7 nitrogen and oxygen atoms in total. The van der Waals surface area contributed by atoms with E-state index in [4.69, 9.17) is 16.3 Å². The van der Waals surface area contributed by atoms with E-state index in [-0.39, 0.29) is 26.9 Å². The van der Waals surface area contributed by atoms with Crippen LogP contribution in [0.5, 0.6) is 0 Å². The molecule has 1 amide bonds. The van der Waals surface area contributed by atoms with Crippen LogP contribution in [0.2, 0.25) is 5.02 Å². The molecule has 1 aliphatic heterocycles. The molecule has 30 heavy (non-hydrogen) atoms. The number of hydrogen-bond acceptors (Lipinski definition) is 6. The third kappa shape index (κ3) is 4.83. The Morgan fingerprint density at radius 1 is 1.27 bits per heavy atom. The van der Waals surface area contributed by atoms with E-state index in [1.807, 2.05) is 0 Å². The second-order valence-corrected chi connectivity index (χ2v) is 9.98. The van der Waals surface area contributed by atoms with Gasteiger partial charge in [0.25, 0.3) is 5.91 Å². The van der Waals surface area contributed by atoms with Gasteiger partial charge in [-0.3, -0.25) is 4.79 Å². The van der Waals surface area contributed by atoms with Gasteiger partial charge in [0.05, 0.1) is 0 Å². The zero-order valence-corrected chi connectivity index (χ0v) is 18.5. The number of carbonyl (C=O) groups excluding carboxylic acids is 2. The number of amides is 1. The van der Waals surface area contributed by atoms with Crippen molar-refractivity contribution in [3.63, 3.8) is 0 Å². The van der Waals surface area contributed by atoms with E-state index in [0.29, 0.717) is 13.1 Å². The maximum Gasteiger partial charge on any atom is 0.350 e. The molecule has 1 aromatic carbocycles. The molecule has 0 spiro atoms. The summed E-state index contributed by atoms with van der Waals surface area (Å²) in [5.41, 5.74) is 0.151. The predicted molar refractivity (Wildman–Crippen MR) is 110 cm³/mol. The molecule has 11 heteroatoms. The van der Waals surface area contributed by atoms with Crippen LogP contribution in [0, 0.1) is 5.82 Å². The highest BCUT2D eigenvalue weighted by Gasteiger charge is 2.32. The Bertz CT molecular complexity index is 1030. The van der Waals surface area contributed by atoms with Crippen molar-refractivity contribution in [2.75, 3.05) is 26.7 Å². The maximum atomic E-state index is 13.9. The number of halogens is 2. The van der Waals surface area contributed by atoms with Crippen LogP contribution in [-0.2, 0) is 26.1 Å². The van der Waals surface area contributed by atoms with E-state index in [0.717, 1.165) is 24.2 Å². The lowest BCUT2D eigenvalue weighted by Crippen LogP contribution is -2.32. The van der Waals surface area contributed by atoms with Gasteiger partial charge in [-0.2, -0.15) is 4.31 Å². The lowest BCUT2D eigenvalue weighted by atomic mass is 10.2. The number of hydrogen-bond donors (Lipinski definition) is 0. The van der Waals surface area contributed by atoms with Crippen molar-refractivity contribution in [1.82, 2.24) is 9.21 Å². The Morgan fingerprint density at radius 3 is 2.63 bits per heavy atom. The molecule has 3 rings (SSSR count). The molecule has 0 radical (unpaired) electrons. The SMILES string of the molecule is CN(Cc1c(F)cccc1Cl)C(=O)COC(=O)c1sccc1S(=O)(=O)N1CCCC1. The lowest BCUT2D eigenvalue weighted by Gasteiger charge is -2.18. The van der Waals surface area contributed by atoms with Crippen LogP contribution in [-0.4, -0.2) is 56.2 Å². The molecule has 1 aliphatic rings. The first-order valence-electron chi connectivity index (χ1n) is 9.13. The quantitative estimate of drug-likeness (QED) is 0.575. The summed E-state index contributed by atoms with van der Waals surface area (Å²) >= 11 is 6.90. The highest BCUT2D eigenvalue weighted by atomic mass is 35.5. The standard InChI is InChI=1S/C19H20ClFN2O5S2/c1-22(11-13-14(20)5-4-6-15(13)21)17(24)12-28-19(25)18-16(7-10-29-18)30(26,27)23-8-2-3-9-23/h4-7,10H,2-3,8-9,11-12H2,1H3. The van der Waals surface area contributed by atoms with E-state index in [1.165, 1.54) is 45.9 Å². The van der Waals surface area contributed by atoms with Gasteiger partial charge in [0, 0.05) is 37.3 Å². The Kier molecular flexibility index (Phi) is 7.12. The van der Waals surface area contributed by atoms with Crippen molar-refractivity contribution in [1.29, 1.82) is 0 Å². The number of rotatable bonds is 7. The number of esters is 1. The van der Waals surface area contributed by atoms with Crippen molar-refractivity contribution in [3.05, 3.63) is 50.9 Å². The lowest BCUT2D eigenvalue weighted by molar-refractivity contribution is -0.133. The molecule has 0 aliphatic carbocycles. The van der Waals surface area contributed by atoms with E-state index < -0.39 is 34.3 Å². The van der Waals surface area contributed by atoms with E-state index in [2.05, 4.69) is 0 Å². The molecule has 1 saturated heterocycles. The minimum Gasteiger partial charge on any atom is -0.451 e. The molecule has 2 aromatic rings. The fourth-order valence-corrected chi connectivity index (χ4v) is 6.05. The van der Waals surface area contributed by atoms with Crippen molar-refractivity contribution >= 4 is 44.8 Å². The summed E-state index contributed by atoms with van der Waals surface area (Å²) in [7, 11) is -2.36. The topological polar surface area (TPSA) is 84.0 Å². The Labute approximate surface area is 183 Å². The third-order valence-corrected chi connectivity index (χ3v) is 8.03. The van der Waals surface area contributed by atoms with Crippen molar-refractivity contribution in [3.8, 4) is 0 Å². The Balaban J connectivity index is 1.63. The van der Waals surface area contributed by atoms with Gasteiger partial charge in [-0.15, -0.1) is 11.3 Å². The maximum absolute atomic E-state index is 13.9. The normalized spacial score (nSPS) is 14.6. The van der Waals surface area contributed by atoms with Gasteiger partial charge in [-0.25, -0.2) is 17.6 Å². The fourth-order valence-electron chi connectivity index (χ4n) is 3.03. The summed E-state index contributed by atoms with van der Waals surface area (Å²) in [4.78, 5) is 25.7.